The molecule has 4 amide bonds. The molecule has 2 aliphatic rings. The maximum absolute atomic E-state index is 15.6. The first kappa shape index (κ1) is 33.3. The Morgan fingerprint density at radius 3 is 2.39 bits per heavy atom. The summed E-state index contributed by atoms with van der Waals surface area (Å²) in [6.07, 6.45) is 0.460. The van der Waals surface area contributed by atoms with E-state index in [1.807, 2.05) is 60.7 Å². The second-order valence-corrected chi connectivity index (χ2v) is 11.8. The molecule has 0 aliphatic carbocycles. The lowest BCUT2D eigenvalue weighted by Gasteiger charge is -2.55. The number of pyridine rings is 1. The van der Waals surface area contributed by atoms with Gasteiger partial charge in [0.1, 0.15) is 30.4 Å². The highest BCUT2D eigenvalue weighted by molar-refractivity contribution is 5.91. The maximum atomic E-state index is 15.6. The summed E-state index contributed by atoms with van der Waals surface area (Å²) in [5, 5.41) is 5.92. The van der Waals surface area contributed by atoms with E-state index < -0.39 is 41.8 Å². The normalized spacial score (nSPS) is 17.9. The molecule has 1 N–H and O–H groups in total. The predicted molar refractivity (Wildman–Crippen MR) is 177 cm³/mol. The van der Waals surface area contributed by atoms with Gasteiger partial charge in [-0.25, -0.2) is 24.2 Å². The Kier molecular flexibility index (Phi) is 10.2. The van der Waals surface area contributed by atoms with E-state index in [4.69, 9.17) is 4.74 Å². The minimum Gasteiger partial charge on any atom is -0.489 e. The van der Waals surface area contributed by atoms with E-state index in [0.717, 1.165) is 11.1 Å². The number of hydrogen-bond acceptors (Lipinski definition) is 6. The average molecular weight is 667 g/mol. The molecule has 6 rings (SSSR count). The number of rotatable bonds is 11. The number of carbonyl (C=O) groups is 3. The van der Waals surface area contributed by atoms with Crippen LogP contribution in [0.25, 0.3) is 0 Å². The van der Waals surface area contributed by atoms with Crippen molar-refractivity contribution in [2.45, 2.75) is 38.3 Å². The van der Waals surface area contributed by atoms with E-state index in [1.165, 1.54) is 39.1 Å². The third kappa shape index (κ3) is 7.76. The van der Waals surface area contributed by atoms with Crippen LogP contribution < -0.4 is 10.1 Å². The summed E-state index contributed by atoms with van der Waals surface area (Å²) in [5.74, 6) is -1.87. The third-order valence-corrected chi connectivity index (χ3v) is 8.48. The van der Waals surface area contributed by atoms with Crippen molar-refractivity contribution >= 4 is 17.8 Å². The number of piperazine rings is 1. The van der Waals surface area contributed by atoms with E-state index >= 15 is 4.39 Å². The standard InChI is InChI=1S/C37H36F2N6O4/c1-2-18-43-24-35(46)44-32(19-28-16-17-30(20-31(28)38)49-25-27-12-7-4-8-13-27)36(47)42(22-29-14-9-15-33(39)41-29)23-34(44)45(43)37(48)40-21-26-10-5-3-6-11-26/h2-17,20,32,34H,1,18-19,21-25H2,(H,40,48)/t32-,34-/m0/s1. The molecule has 2 saturated heterocycles. The quantitative estimate of drug-likeness (QED) is 0.185. The van der Waals surface area contributed by atoms with Crippen molar-refractivity contribution in [1.82, 2.24) is 30.1 Å². The molecule has 2 fully saturated rings. The van der Waals surface area contributed by atoms with Crippen LogP contribution >= 0.6 is 0 Å². The highest BCUT2D eigenvalue weighted by Gasteiger charge is 2.51. The van der Waals surface area contributed by atoms with Crippen molar-refractivity contribution in [3.63, 3.8) is 0 Å². The largest absolute Gasteiger partial charge is 0.489 e. The van der Waals surface area contributed by atoms with Crippen LogP contribution in [0.1, 0.15) is 22.4 Å². The van der Waals surface area contributed by atoms with E-state index in [1.54, 1.807) is 23.2 Å². The van der Waals surface area contributed by atoms with Gasteiger partial charge in [-0.1, -0.05) is 78.9 Å². The zero-order valence-corrected chi connectivity index (χ0v) is 26.8. The minimum absolute atomic E-state index is 0.0820. The zero-order valence-electron chi connectivity index (χ0n) is 26.8. The number of fused-ring (bicyclic) bond motifs is 1. The predicted octanol–water partition coefficient (Wildman–Crippen LogP) is 4.68. The van der Waals surface area contributed by atoms with Crippen LogP contribution in [0.3, 0.4) is 0 Å². The number of hydrazine groups is 1. The van der Waals surface area contributed by atoms with Gasteiger partial charge in [0.2, 0.25) is 17.8 Å². The van der Waals surface area contributed by atoms with Gasteiger partial charge in [-0.2, -0.15) is 4.39 Å². The Balaban J connectivity index is 1.30. The van der Waals surface area contributed by atoms with Crippen LogP contribution in [0.5, 0.6) is 5.75 Å². The molecule has 0 spiro atoms. The fraction of sp³-hybridized carbons (Fsp3) is 0.243. The lowest BCUT2D eigenvalue weighted by molar-refractivity contribution is -0.189. The highest BCUT2D eigenvalue weighted by atomic mass is 19.1. The molecule has 0 unspecified atom stereocenters. The first-order valence-electron chi connectivity index (χ1n) is 15.9. The second kappa shape index (κ2) is 15.1. The number of amides is 4. The van der Waals surface area contributed by atoms with Crippen molar-refractivity contribution < 1.29 is 27.9 Å². The Morgan fingerprint density at radius 1 is 0.959 bits per heavy atom. The van der Waals surface area contributed by atoms with Gasteiger partial charge in [0, 0.05) is 25.6 Å². The number of ether oxygens (including phenoxy) is 1. The highest BCUT2D eigenvalue weighted by Crippen LogP contribution is 2.30. The molecule has 3 heterocycles. The summed E-state index contributed by atoms with van der Waals surface area (Å²) in [4.78, 5) is 48.6. The van der Waals surface area contributed by atoms with Crippen molar-refractivity contribution in [3.8, 4) is 5.75 Å². The second-order valence-electron chi connectivity index (χ2n) is 11.8. The van der Waals surface area contributed by atoms with Crippen LogP contribution in [-0.4, -0.2) is 74.5 Å². The van der Waals surface area contributed by atoms with Crippen LogP contribution in [0.4, 0.5) is 13.6 Å². The number of aromatic nitrogens is 1. The van der Waals surface area contributed by atoms with E-state index in [0.29, 0.717) is 5.75 Å². The van der Waals surface area contributed by atoms with E-state index in [-0.39, 0.29) is 57.0 Å². The van der Waals surface area contributed by atoms with Crippen molar-refractivity contribution in [2.75, 3.05) is 19.6 Å². The molecule has 49 heavy (non-hydrogen) atoms. The van der Waals surface area contributed by atoms with Gasteiger partial charge in [0.05, 0.1) is 25.3 Å². The number of carbonyl (C=O) groups excluding carboxylic acids is 3. The number of halogens is 2. The summed E-state index contributed by atoms with van der Waals surface area (Å²) in [6, 6.07) is 25.9. The molecule has 252 valence electrons. The Hall–Kier alpha value is -5.62. The van der Waals surface area contributed by atoms with Gasteiger partial charge >= 0.3 is 6.03 Å². The Labute approximate surface area is 283 Å². The van der Waals surface area contributed by atoms with Gasteiger partial charge in [-0.05, 0) is 34.9 Å². The van der Waals surface area contributed by atoms with Crippen LogP contribution in [-0.2, 0) is 35.7 Å². The lowest BCUT2D eigenvalue weighted by Crippen LogP contribution is -2.76. The Bertz CT molecular complexity index is 1810. The van der Waals surface area contributed by atoms with Crippen LogP contribution in [0.2, 0.25) is 0 Å². The van der Waals surface area contributed by atoms with E-state index in [9.17, 15) is 18.8 Å². The third-order valence-electron chi connectivity index (χ3n) is 8.48. The summed E-state index contributed by atoms with van der Waals surface area (Å²) in [5.41, 5.74) is 2.27. The maximum Gasteiger partial charge on any atom is 0.334 e. The Morgan fingerprint density at radius 2 is 1.69 bits per heavy atom. The zero-order chi connectivity index (χ0) is 34.3. The number of urea groups is 1. The summed E-state index contributed by atoms with van der Waals surface area (Å²) >= 11 is 0. The monoisotopic (exact) mass is 666 g/mol. The van der Waals surface area contributed by atoms with Crippen molar-refractivity contribution in [2.24, 2.45) is 0 Å². The molecule has 2 atom stereocenters. The van der Waals surface area contributed by atoms with Crippen LogP contribution in [0, 0.1) is 11.8 Å². The smallest absolute Gasteiger partial charge is 0.334 e. The average Bonchev–Trinajstić information content (AvgIpc) is 3.10. The lowest BCUT2D eigenvalue weighted by atomic mass is 9.98. The molecule has 1 aromatic heterocycles. The molecule has 0 radical (unpaired) electrons. The molecule has 4 aromatic rings. The first-order chi connectivity index (χ1) is 23.8. The number of nitrogens with zero attached hydrogens (tertiary/aromatic N) is 5. The number of benzene rings is 3. The van der Waals surface area contributed by atoms with Gasteiger partial charge < -0.3 is 19.9 Å². The number of hydrogen-bond donors (Lipinski definition) is 1. The summed E-state index contributed by atoms with van der Waals surface area (Å²) < 4.78 is 35.5. The molecule has 0 bridgehead atoms. The molecule has 10 nitrogen and oxygen atoms in total. The minimum atomic E-state index is -1.17. The van der Waals surface area contributed by atoms with E-state index in [2.05, 4.69) is 16.9 Å². The van der Waals surface area contributed by atoms with Crippen molar-refractivity contribution in [3.05, 3.63) is 144 Å². The van der Waals surface area contributed by atoms with Gasteiger partial charge in [0.15, 0.2) is 0 Å². The van der Waals surface area contributed by atoms with Gasteiger partial charge in [-0.15, -0.1) is 6.58 Å². The first-order valence-corrected chi connectivity index (χ1v) is 15.9. The molecule has 3 aromatic carbocycles. The SMILES string of the molecule is C=CCN1CC(=O)N2[C@@H](Cc3ccc(OCc4ccccc4)cc3F)C(=O)N(Cc3cccc(F)n3)C[C@@H]2N1C(=O)NCc1ccccc1. The van der Waals surface area contributed by atoms with Gasteiger partial charge in [-0.3, -0.25) is 9.59 Å². The molecule has 2 aliphatic heterocycles. The topological polar surface area (TPSA) is 98.3 Å². The fourth-order valence-corrected chi connectivity index (χ4v) is 6.16. The molecule has 0 saturated carbocycles. The number of nitrogens with one attached hydrogen (secondary N) is 1. The molecular weight excluding hydrogens is 630 g/mol. The fourth-order valence-electron chi connectivity index (χ4n) is 6.16. The molecular formula is C37H36F2N6O4. The van der Waals surface area contributed by atoms with Crippen molar-refractivity contribution in [1.29, 1.82) is 0 Å². The summed E-state index contributed by atoms with van der Waals surface area (Å²) in [6.45, 7) is 4.08. The molecule has 12 heteroatoms. The summed E-state index contributed by atoms with van der Waals surface area (Å²) in [7, 11) is 0. The van der Waals surface area contributed by atoms with Gasteiger partial charge in [0.25, 0.3) is 0 Å². The van der Waals surface area contributed by atoms with Crippen LogP contribution in [0.15, 0.2) is 110 Å².